The third-order valence-electron chi connectivity index (χ3n) is 2.86. The van der Waals surface area contributed by atoms with Crippen molar-refractivity contribution in [3.63, 3.8) is 0 Å². The zero-order valence-corrected chi connectivity index (χ0v) is 14.0. The topological polar surface area (TPSA) is 27.7 Å². The Morgan fingerprint density at radius 1 is 0.778 bits per heavy atom. The van der Waals surface area contributed by atoms with Crippen LogP contribution in [0.15, 0.2) is 0 Å². The second-order valence-corrected chi connectivity index (χ2v) is 7.71. The van der Waals surface area contributed by atoms with Crippen LogP contribution in [0.25, 0.3) is 0 Å². The molecule has 0 rings (SSSR count). The second kappa shape index (κ2) is 11.0. The van der Waals surface area contributed by atoms with Gasteiger partial charge in [0.15, 0.2) is 0 Å². The van der Waals surface area contributed by atoms with Crippen LogP contribution in [0.5, 0.6) is 0 Å². The lowest BCUT2D eigenvalue weighted by molar-refractivity contribution is 0.0706. The third kappa shape index (κ3) is 8.24. The first-order valence-corrected chi connectivity index (χ1v) is 9.45. The second-order valence-electron chi connectivity index (χ2n) is 4.98. The minimum absolute atomic E-state index is 0.679. The van der Waals surface area contributed by atoms with Crippen LogP contribution in [-0.4, -0.2) is 28.6 Å². The minimum Gasteiger partial charge on any atom is -0.374 e. The Kier molecular flexibility index (Phi) is 11.0. The van der Waals surface area contributed by atoms with Gasteiger partial charge in [0.05, 0.1) is 0 Å². The summed E-state index contributed by atoms with van der Waals surface area (Å²) in [5.41, 5.74) is 0. The molecule has 0 amide bonds. The van der Waals surface area contributed by atoms with E-state index in [-0.39, 0.29) is 0 Å². The Labute approximate surface area is 115 Å². The molecule has 0 saturated heterocycles. The summed E-state index contributed by atoms with van der Waals surface area (Å²) in [5, 5.41) is 0. The van der Waals surface area contributed by atoms with Gasteiger partial charge in [-0.1, -0.05) is 33.1 Å². The molecule has 0 aromatic carbocycles. The van der Waals surface area contributed by atoms with Crippen LogP contribution in [0.2, 0.25) is 6.04 Å². The Balaban J connectivity index is 4.04. The van der Waals surface area contributed by atoms with Gasteiger partial charge in [-0.15, -0.1) is 0 Å². The van der Waals surface area contributed by atoms with Gasteiger partial charge in [-0.05, 0) is 33.1 Å². The van der Waals surface area contributed by atoms with Gasteiger partial charge >= 0.3 is 8.80 Å². The fraction of sp³-hybridized carbons (Fsp3) is 1.00. The summed E-state index contributed by atoms with van der Waals surface area (Å²) in [6.45, 7) is 12.6. The SMILES string of the molecule is CCO[Si](CCCCCC(C)C)(OCC)OCC. The number of hydrogen-bond acceptors (Lipinski definition) is 3. The Morgan fingerprint density at radius 2 is 1.28 bits per heavy atom. The predicted octanol–water partition coefficient (Wildman–Crippen LogP) is 4.25. The predicted molar refractivity (Wildman–Crippen MR) is 78.7 cm³/mol. The first kappa shape index (κ1) is 18.1. The molecule has 0 aliphatic heterocycles. The van der Waals surface area contributed by atoms with E-state index in [1.54, 1.807) is 0 Å². The van der Waals surface area contributed by atoms with Gasteiger partial charge in [-0.25, -0.2) is 0 Å². The van der Waals surface area contributed by atoms with Gasteiger partial charge in [0, 0.05) is 25.9 Å². The van der Waals surface area contributed by atoms with Crippen LogP contribution in [-0.2, 0) is 13.3 Å². The molecule has 0 bridgehead atoms. The number of unbranched alkanes of at least 4 members (excludes halogenated alkanes) is 2. The average Bonchev–Trinajstić information content (AvgIpc) is 2.29. The highest BCUT2D eigenvalue weighted by atomic mass is 28.4. The summed E-state index contributed by atoms with van der Waals surface area (Å²) in [7, 11) is -2.37. The van der Waals surface area contributed by atoms with Crippen LogP contribution < -0.4 is 0 Å². The maximum absolute atomic E-state index is 5.83. The third-order valence-corrected chi connectivity index (χ3v) is 6.01. The Morgan fingerprint density at radius 3 is 1.67 bits per heavy atom. The molecule has 0 aromatic rings. The van der Waals surface area contributed by atoms with E-state index < -0.39 is 8.80 Å². The lowest BCUT2D eigenvalue weighted by Crippen LogP contribution is -2.45. The van der Waals surface area contributed by atoms with Crippen molar-refractivity contribution in [3.8, 4) is 0 Å². The molecule has 0 spiro atoms. The molecule has 0 radical (unpaired) electrons. The first-order valence-electron chi connectivity index (χ1n) is 7.52. The minimum atomic E-state index is -2.37. The monoisotopic (exact) mass is 276 g/mol. The van der Waals surface area contributed by atoms with Crippen LogP contribution in [0, 0.1) is 5.92 Å². The Hall–Kier alpha value is 0.0969. The highest BCUT2D eigenvalue weighted by Gasteiger charge is 2.39. The van der Waals surface area contributed by atoms with E-state index in [0.29, 0.717) is 19.8 Å². The fourth-order valence-corrected chi connectivity index (χ4v) is 4.76. The van der Waals surface area contributed by atoms with Gasteiger partial charge in [-0.3, -0.25) is 0 Å². The molecule has 0 atom stereocenters. The molecule has 3 nitrogen and oxygen atoms in total. The van der Waals surface area contributed by atoms with E-state index in [2.05, 4.69) is 13.8 Å². The van der Waals surface area contributed by atoms with Gasteiger partial charge in [0.25, 0.3) is 0 Å². The van der Waals surface area contributed by atoms with E-state index in [1.807, 2.05) is 20.8 Å². The molecule has 0 aromatic heterocycles. The highest BCUT2D eigenvalue weighted by Crippen LogP contribution is 2.20. The van der Waals surface area contributed by atoms with Crippen LogP contribution in [0.4, 0.5) is 0 Å². The average molecular weight is 276 g/mol. The highest BCUT2D eigenvalue weighted by molar-refractivity contribution is 6.60. The zero-order chi connectivity index (χ0) is 13.9. The van der Waals surface area contributed by atoms with Gasteiger partial charge in [0.1, 0.15) is 0 Å². The zero-order valence-electron chi connectivity index (χ0n) is 13.0. The molecule has 0 heterocycles. The van der Waals surface area contributed by atoms with Crippen molar-refractivity contribution in [2.45, 2.75) is 66.3 Å². The van der Waals surface area contributed by atoms with Crippen LogP contribution >= 0.6 is 0 Å². The molecular weight excluding hydrogens is 244 g/mol. The van der Waals surface area contributed by atoms with Crippen molar-refractivity contribution < 1.29 is 13.3 Å². The van der Waals surface area contributed by atoms with Gasteiger partial charge in [0.2, 0.25) is 0 Å². The first-order chi connectivity index (χ1) is 8.60. The molecule has 0 N–H and O–H groups in total. The van der Waals surface area contributed by atoms with Crippen LogP contribution in [0.1, 0.15) is 60.3 Å². The quantitative estimate of drug-likeness (QED) is 0.394. The van der Waals surface area contributed by atoms with Crippen molar-refractivity contribution in [2.24, 2.45) is 5.92 Å². The molecule has 0 aliphatic carbocycles. The molecular formula is C14H32O3Si. The standard InChI is InChI=1S/C14H32O3Si/c1-6-15-18(16-7-2,17-8-3)13-11-9-10-12-14(4)5/h14H,6-13H2,1-5H3. The molecule has 0 fully saturated rings. The lowest BCUT2D eigenvalue weighted by Gasteiger charge is -2.28. The van der Waals surface area contributed by atoms with Crippen molar-refractivity contribution in [1.82, 2.24) is 0 Å². The summed E-state index contributed by atoms with van der Waals surface area (Å²) in [4.78, 5) is 0. The summed E-state index contributed by atoms with van der Waals surface area (Å²) >= 11 is 0. The van der Waals surface area contributed by atoms with E-state index in [4.69, 9.17) is 13.3 Å². The summed E-state index contributed by atoms with van der Waals surface area (Å²) in [6, 6.07) is 0.959. The van der Waals surface area contributed by atoms with E-state index in [9.17, 15) is 0 Å². The van der Waals surface area contributed by atoms with Crippen LogP contribution in [0.3, 0.4) is 0 Å². The summed E-state index contributed by atoms with van der Waals surface area (Å²) in [5.74, 6) is 0.803. The fourth-order valence-electron chi connectivity index (χ4n) is 2.07. The molecule has 4 heteroatoms. The normalized spacial score (nSPS) is 12.3. The molecule has 110 valence electrons. The lowest BCUT2D eigenvalue weighted by atomic mass is 10.1. The summed E-state index contributed by atoms with van der Waals surface area (Å²) < 4.78 is 17.5. The van der Waals surface area contributed by atoms with Crippen molar-refractivity contribution in [2.75, 3.05) is 19.8 Å². The largest absolute Gasteiger partial charge is 0.500 e. The van der Waals surface area contributed by atoms with Gasteiger partial charge in [-0.2, -0.15) is 0 Å². The molecule has 18 heavy (non-hydrogen) atoms. The summed E-state index contributed by atoms with van der Waals surface area (Å²) in [6.07, 6.45) is 5.01. The van der Waals surface area contributed by atoms with Gasteiger partial charge < -0.3 is 13.3 Å². The smallest absolute Gasteiger partial charge is 0.374 e. The maximum Gasteiger partial charge on any atom is 0.500 e. The van der Waals surface area contributed by atoms with E-state index in [1.165, 1.54) is 19.3 Å². The van der Waals surface area contributed by atoms with E-state index in [0.717, 1.165) is 18.4 Å². The van der Waals surface area contributed by atoms with Crippen molar-refractivity contribution >= 4 is 8.80 Å². The maximum atomic E-state index is 5.83. The van der Waals surface area contributed by atoms with Crippen molar-refractivity contribution in [3.05, 3.63) is 0 Å². The van der Waals surface area contributed by atoms with Crippen molar-refractivity contribution in [1.29, 1.82) is 0 Å². The Bertz CT molecular complexity index is 169. The number of rotatable bonds is 12. The molecule has 0 aliphatic rings. The molecule has 0 saturated carbocycles. The molecule has 0 unspecified atom stereocenters. The number of hydrogen-bond donors (Lipinski definition) is 0. The van der Waals surface area contributed by atoms with E-state index >= 15 is 0 Å².